The molecule has 0 saturated heterocycles. The number of benzene rings is 1. The first-order chi connectivity index (χ1) is 9.49. The molecular weight excluding hydrogens is 288 g/mol. The minimum atomic E-state index is -2.61. The van der Waals surface area contributed by atoms with Crippen molar-refractivity contribution in [1.29, 1.82) is 0 Å². The molecular formula is C13H15F2NO3S. The van der Waals surface area contributed by atoms with Crippen LogP contribution in [0.4, 0.5) is 8.78 Å². The minimum absolute atomic E-state index is 0.156. The van der Waals surface area contributed by atoms with E-state index < -0.39 is 17.6 Å². The molecule has 0 radical (unpaired) electrons. The van der Waals surface area contributed by atoms with Gasteiger partial charge in [-0.15, -0.1) is 0 Å². The van der Waals surface area contributed by atoms with Gasteiger partial charge < -0.3 is 9.64 Å². The second-order valence-electron chi connectivity index (χ2n) is 3.77. The summed E-state index contributed by atoms with van der Waals surface area (Å²) in [6.07, 6.45) is 0. The first-order valence-electron chi connectivity index (χ1n) is 5.89. The summed E-state index contributed by atoms with van der Waals surface area (Å²) in [5.74, 6) is -3.64. The normalized spacial score (nSPS) is 10.4. The highest BCUT2D eigenvalue weighted by Gasteiger charge is 2.21. The van der Waals surface area contributed by atoms with E-state index in [1.807, 2.05) is 0 Å². The van der Waals surface area contributed by atoms with Crippen molar-refractivity contribution in [2.45, 2.75) is 17.6 Å². The number of carbonyl (C=O) groups is 2. The highest BCUT2D eigenvalue weighted by Crippen LogP contribution is 2.29. The lowest BCUT2D eigenvalue weighted by atomic mass is 10.2. The van der Waals surface area contributed by atoms with Crippen molar-refractivity contribution >= 4 is 23.6 Å². The molecule has 0 fully saturated rings. The van der Waals surface area contributed by atoms with Crippen molar-refractivity contribution < 1.29 is 23.1 Å². The van der Waals surface area contributed by atoms with E-state index in [0.717, 1.165) is 0 Å². The highest BCUT2D eigenvalue weighted by atomic mass is 32.2. The maximum atomic E-state index is 12.5. The first kappa shape index (κ1) is 16.4. The predicted octanol–water partition coefficient (Wildman–Crippen LogP) is 2.64. The lowest BCUT2D eigenvalue weighted by Gasteiger charge is -2.20. The maximum absolute atomic E-state index is 12.5. The van der Waals surface area contributed by atoms with E-state index in [0.29, 0.717) is 11.8 Å². The zero-order chi connectivity index (χ0) is 15.1. The number of amides is 1. The van der Waals surface area contributed by atoms with Crippen LogP contribution in [0.15, 0.2) is 29.2 Å². The fourth-order valence-corrected chi connectivity index (χ4v) is 2.19. The number of hydrogen-bond donors (Lipinski definition) is 0. The molecule has 0 N–H and O–H groups in total. The Labute approximate surface area is 120 Å². The standard InChI is InChI=1S/C13H15F2NO3S/c1-3-16(8-11(17)19-2)12(18)9-6-4-5-7-10(9)20-13(14)15/h4-7,13H,3,8H2,1-2H3. The average molecular weight is 303 g/mol. The van der Waals surface area contributed by atoms with E-state index in [-0.39, 0.29) is 23.5 Å². The largest absolute Gasteiger partial charge is 0.468 e. The van der Waals surface area contributed by atoms with Gasteiger partial charge >= 0.3 is 5.97 Å². The molecule has 0 atom stereocenters. The van der Waals surface area contributed by atoms with Crippen molar-refractivity contribution in [1.82, 2.24) is 4.90 Å². The zero-order valence-corrected chi connectivity index (χ0v) is 12.0. The topological polar surface area (TPSA) is 46.6 Å². The van der Waals surface area contributed by atoms with Crippen LogP contribution in [0.1, 0.15) is 17.3 Å². The first-order valence-corrected chi connectivity index (χ1v) is 6.77. The van der Waals surface area contributed by atoms with Crippen molar-refractivity contribution in [3.63, 3.8) is 0 Å². The van der Waals surface area contributed by atoms with Gasteiger partial charge in [-0.1, -0.05) is 23.9 Å². The molecule has 0 aromatic heterocycles. The molecule has 1 aromatic rings. The van der Waals surface area contributed by atoms with Gasteiger partial charge in [0.25, 0.3) is 11.7 Å². The van der Waals surface area contributed by atoms with Crippen LogP contribution < -0.4 is 0 Å². The SMILES string of the molecule is CCN(CC(=O)OC)C(=O)c1ccccc1SC(F)F. The summed E-state index contributed by atoms with van der Waals surface area (Å²) in [6.45, 7) is 1.77. The molecule has 110 valence electrons. The monoisotopic (exact) mass is 303 g/mol. The molecule has 7 heteroatoms. The second-order valence-corrected chi connectivity index (χ2v) is 4.80. The van der Waals surface area contributed by atoms with Crippen LogP contribution in [-0.4, -0.2) is 42.7 Å². The molecule has 0 aliphatic rings. The van der Waals surface area contributed by atoms with Crippen LogP contribution in [0.5, 0.6) is 0 Å². The van der Waals surface area contributed by atoms with Crippen molar-refractivity contribution in [3.05, 3.63) is 29.8 Å². The summed E-state index contributed by atoms with van der Waals surface area (Å²) in [7, 11) is 1.22. The summed E-state index contributed by atoms with van der Waals surface area (Å²) < 4.78 is 29.5. The number of likely N-dealkylation sites (N-methyl/N-ethyl adjacent to an activating group) is 1. The molecule has 0 aliphatic carbocycles. The van der Waals surface area contributed by atoms with Crippen LogP contribution in [0.3, 0.4) is 0 Å². The maximum Gasteiger partial charge on any atom is 0.325 e. The number of hydrogen-bond acceptors (Lipinski definition) is 4. The number of esters is 1. The number of halogens is 2. The third-order valence-electron chi connectivity index (χ3n) is 2.55. The molecule has 4 nitrogen and oxygen atoms in total. The third kappa shape index (κ3) is 4.48. The van der Waals surface area contributed by atoms with Gasteiger partial charge in [-0.25, -0.2) is 0 Å². The lowest BCUT2D eigenvalue weighted by Crippen LogP contribution is -2.36. The Morgan fingerprint density at radius 2 is 2.00 bits per heavy atom. The Morgan fingerprint density at radius 1 is 1.35 bits per heavy atom. The van der Waals surface area contributed by atoms with Crippen LogP contribution >= 0.6 is 11.8 Å². The van der Waals surface area contributed by atoms with Crippen molar-refractivity contribution in [2.75, 3.05) is 20.2 Å². The number of thioether (sulfide) groups is 1. The number of alkyl halides is 2. The Kier molecular flexibility index (Phi) is 6.44. The summed E-state index contributed by atoms with van der Waals surface area (Å²) in [5.41, 5.74) is 0.156. The van der Waals surface area contributed by atoms with Crippen molar-refractivity contribution in [2.24, 2.45) is 0 Å². The fourth-order valence-electron chi connectivity index (χ4n) is 1.56. The molecule has 0 unspecified atom stereocenters. The van der Waals surface area contributed by atoms with Crippen LogP contribution in [-0.2, 0) is 9.53 Å². The van der Waals surface area contributed by atoms with E-state index >= 15 is 0 Å². The molecule has 1 rings (SSSR count). The molecule has 0 aliphatic heterocycles. The quantitative estimate of drug-likeness (QED) is 0.599. The molecule has 1 aromatic carbocycles. The molecule has 0 spiro atoms. The Bertz CT molecular complexity index is 482. The average Bonchev–Trinajstić information content (AvgIpc) is 2.43. The van der Waals surface area contributed by atoms with E-state index in [9.17, 15) is 18.4 Å². The van der Waals surface area contributed by atoms with Gasteiger partial charge in [-0.3, -0.25) is 9.59 Å². The van der Waals surface area contributed by atoms with Crippen LogP contribution in [0.2, 0.25) is 0 Å². The molecule has 20 heavy (non-hydrogen) atoms. The van der Waals surface area contributed by atoms with Crippen LogP contribution in [0, 0.1) is 0 Å². The van der Waals surface area contributed by atoms with Gasteiger partial charge in [-0.05, 0) is 19.1 Å². The third-order valence-corrected chi connectivity index (χ3v) is 3.34. The molecule has 0 heterocycles. The number of rotatable bonds is 6. The number of nitrogens with zero attached hydrogens (tertiary/aromatic N) is 1. The van der Waals surface area contributed by atoms with Gasteiger partial charge in [0, 0.05) is 11.4 Å². The molecule has 0 bridgehead atoms. The lowest BCUT2D eigenvalue weighted by molar-refractivity contribution is -0.141. The van der Waals surface area contributed by atoms with E-state index in [2.05, 4.69) is 4.74 Å². The Hall–Kier alpha value is -1.63. The predicted molar refractivity (Wildman–Crippen MR) is 71.9 cm³/mol. The minimum Gasteiger partial charge on any atom is -0.468 e. The summed E-state index contributed by atoms with van der Waals surface area (Å²) >= 11 is 0.309. The number of carbonyl (C=O) groups excluding carboxylic acids is 2. The molecule has 0 saturated carbocycles. The Morgan fingerprint density at radius 3 is 2.55 bits per heavy atom. The van der Waals surface area contributed by atoms with Crippen molar-refractivity contribution in [3.8, 4) is 0 Å². The molecule has 1 amide bonds. The summed E-state index contributed by atoms with van der Waals surface area (Å²) in [4.78, 5) is 25.0. The van der Waals surface area contributed by atoms with Crippen LogP contribution in [0.25, 0.3) is 0 Å². The van der Waals surface area contributed by atoms with E-state index in [1.54, 1.807) is 19.1 Å². The summed E-state index contributed by atoms with van der Waals surface area (Å²) in [5, 5.41) is 0. The zero-order valence-electron chi connectivity index (χ0n) is 11.1. The second kappa shape index (κ2) is 7.84. The van der Waals surface area contributed by atoms with Gasteiger partial charge in [0.2, 0.25) is 0 Å². The van der Waals surface area contributed by atoms with Gasteiger partial charge in [0.1, 0.15) is 6.54 Å². The fraction of sp³-hybridized carbons (Fsp3) is 0.385. The van der Waals surface area contributed by atoms with E-state index in [4.69, 9.17) is 0 Å². The Balaban J connectivity index is 2.97. The van der Waals surface area contributed by atoms with E-state index in [1.165, 1.54) is 24.1 Å². The highest BCUT2D eigenvalue weighted by molar-refractivity contribution is 7.99. The summed E-state index contributed by atoms with van der Waals surface area (Å²) in [6, 6.07) is 6.09. The number of methoxy groups -OCH3 is 1. The number of ether oxygens (including phenoxy) is 1. The van der Waals surface area contributed by atoms with Gasteiger partial charge in [0.15, 0.2) is 0 Å². The smallest absolute Gasteiger partial charge is 0.325 e. The van der Waals surface area contributed by atoms with Gasteiger partial charge in [-0.2, -0.15) is 8.78 Å². The van der Waals surface area contributed by atoms with Gasteiger partial charge in [0.05, 0.1) is 12.7 Å².